The van der Waals surface area contributed by atoms with E-state index in [4.69, 9.17) is 4.74 Å². The molecule has 3 aromatic rings. The second-order valence-corrected chi connectivity index (χ2v) is 11.4. The summed E-state index contributed by atoms with van der Waals surface area (Å²) in [4.78, 5) is 42.5. The highest BCUT2D eigenvalue weighted by atomic mass is 32.2. The minimum absolute atomic E-state index is 0.0322. The molecule has 1 unspecified atom stereocenters. The lowest BCUT2D eigenvalue weighted by atomic mass is 9.92. The van der Waals surface area contributed by atoms with Crippen molar-refractivity contribution in [1.82, 2.24) is 4.98 Å². The van der Waals surface area contributed by atoms with Crippen LogP contribution in [0.15, 0.2) is 64.9 Å². The predicted octanol–water partition coefficient (Wildman–Crippen LogP) is 6.10. The Hall–Kier alpha value is -3.17. The highest BCUT2D eigenvalue weighted by Gasteiger charge is 2.23. The number of ether oxygens (including phenoxy) is 1. The van der Waals surface area contributed by atoms with Gasteiger partial charge >= 0.3 is 5.97 Å². The summed E-state index contributed by atoms with van der Waals surface area (Å²) >= 11 is 2.68. The number of carbonyl (C=O) groups excluding carboxylic acids is 3. The van der Waals surface area contributed by atoms with E-state index in [1.165, 1.54) is 23.1 Å². The number of anilines is 2. The summed E-state index contributed by atoms with van der Waals surface area (Å²) in [6, 6.07) is 17.0. The Balaban J connectivity index is 1.69. The largest absolute Gasteiger partial charge is 0.466 e. The van der Waals surface area contributed by atoms with Gasteiger partial charge in [0.05, 0.1) is 18.7 Å². The topological polar surface area (TPSA) is 97.4 Å². The monoisotopic (exact) mass is 525 g/mol. The van der Waals surface area contributed by atoms with Crippen molar-refractivity contribution in [3.8, 4) is 0 Å². The Morgan fingerprint density at radius 1 is 1.03 bits per heavy atom. The van der Waals surface area contributed by atoms with Crippen LogP contribution < -0.4 is 10.6 Å². The molecule has 9 heteroatoms. The van der Waals surface area contributed by atoms with Crippen LogP contribution >= 0.6 is 23.1 Å². The van der Waals surface area contributed by atoms with Crippen LogP contribution in [-0.4, -0.2) is 29.4 Å². The molecular weight excluding hydrogens is 494 g/mol. The standard InChI is InChI=1S/C27H31N3O4S2/c1-5-34-23(32)15-20-17-35-26(29-20)30-25(33)24(18-9-7-6-8-10-18)36-21-13-11-19(12-14-21)28-22(31)16-27(2,3)4/h6-14,17,24H,5,15-16H2,1-4H3,(H,28,31)(H,29,30,33). The summed E-state index contributed by atoms with van der Waals surface area (Å²) in [6.45, 7) is 8.13. The van der Waals surface area contributed by atoms with Crippen LogP contribution in [0, 0.1) is 5.41 Å². The van der Waals surface area contributed by atoms with E-state index in [1.54, 1.807) is 12.3 Å². The molecule has 0 bridgehead atoms. The van der Waals surface area contributed by atoms with Crippen molar-refractivity contribution in [2.75, 3.05) is 17.2 Å². The van der Waals surface area contributed by atoms with Gasteiger partial charge in [0.25, 0.3) is 0 Å². The summed E-state index contributed by atoms with van der Waals surface area (Å²) in [6.07, 6.45) is 0.494. The predicted molar refractivity (Wildman–Crippen MR) is 145 cm³/mol. The van der Waals surface area contributed by atoms with Crippen LogP contribution in [0.5, 0.6) is 0 Å². The van der Waals surface area contributed by atoms with E-state index in [-0.39, 0.29) is 29.6 Å². The number of nitrogens with zero attached hydrogens (tertiary/aromatic N) is 1. The van der Waals surface area contributed by atoms with Crippen molar-refractivity contribution in [2.45, 2.75) is 50.7 Å². The lowest BCUT2D eigenvalue weighted by Gasteiger charge is -2.18. The molecule has 36 heavy (non-hydrogen) atoms. The molecule has 0 aliphatic heterocycles. The second-order valence-electron chi connectivity index (χ2n) is 9.33. The van der Waals surface area contributed by atoms with E-state index in [0.717, 1.165) is 10.5 Å². The van der Waals surface area contributed by atoms with Gasteiger partial charge in [0.1, 0.15) is 5.25 Å². The first-order valence-electron chi connectivity index (χ1n) is 11.7. The second kappa shape index (κ2) is 12.7. The van der Waals surface area contributed by atoms with E-state index in [1.807, 2.05) is 75.4 Å². The Bertz CT molecular complexity index is 1170. The maximum absolute atomic E-state index is 13.3. The van der Waals surface area contributed by atoms with Crippen LogP contribution in [-0.2, 0) is 25.5 Å². The van der Waals surface area contributed by atoms with Gasteiger partial charge in [0.2, 0.25) is 11.8 Å². The molecule has 3 rings (SSSR count). The fourth-order valence-corrected chi connectivity index (χ4v) is 5.05. The van der Waals surface area contributed by atoms with Crippen molar-refractivity contribution in [3.63, 3.8) is 0 Å². The number of hydrogen-bond acceptors (Lipinski definition) is 7. The summed E-state index contributed by atoms with van der Waals surface area (Å²) in [5.74, 6) is -0.600. The van der Waals surface area contributed by atoms with Crippen molar-refractivity contribution >= 4 is 51.7 Å². The number of nitrogens with one attached hydrogen (secondary N) is 2. The molecule has 2 N–H and O–H groups in total. The Morgan fingerprint density at radius 3 is 2.36 bits per heavy atom. The zero-order valence-corrected chi connectivity index (χ0v) is 22.5. The van der Waals surface area contributed by atoms with E-state index in [9.17, 15) is 14.4 Å². The zero-order valence-electron chi connectivity index (χ0n) is 20.9. The van der Waals surface area contributed by atoms with Gasteiger partial charge in [0, 0.05) is 22.4 Å². The van der Waals surface area contributed by atoms with E-state index < -0.39 is 5.25 Å². The lowest BCUT2D eigenvalue weighted by Crippen LogP contribution is -2.19. The molecule has 1 aromatic heterocycles. The van der Waals surface area contributed by atoms with Crippen molar-refractivity contribution in [2.24, 2.45) is 5.41 Å². The van der Waals surface area contributed by atoms with E-state index >= 15 is 0 Å². The minimum atomic E-state index is -0.523. The maximum atomic E-state index is 13.3. The van der Waals surface area contributed by atoms with Crippen molar-refractivity contribution in [1.29, 1.82) is 0 Å². The molecular formula is C27H31N3O4S2. The van der Waals surface area contributed by atoms with Gasteiger partial charge in [-0.05, 0) is 42.2 Å². The number of thioether (sulfide) groups is 1. The summed E-state index contributed by atoms with van der Waals surface area (Å²) in [7, 11) is 0. The molecule has 1 heterocycles. The fraction of sp³-hybridized carbons (Fsp3) is 0.333. The third kappa shape index (κ3) is 8.80. The lowest BCUT2D eigenvalue weighted by molar-refractivity contribution is -0.142. The van der Waals surface area contributed by atoms with Crippen LogP contribution in [0.3, 0.4) is 0 Å². The first kappa shape index (κ1) is 27.4. The molecule has 0 saturated carbocycles. The summed E-state index contributed by atoms with van der Waals surface area (Å²) in [5, 5.41) is 7.45. The van der Waals surface area contributed by atoms with Crippen LogP contribution in [0.4, 0.5) is 10.8 Å². The molecule has 0 radical (unpaired) electrons. The van der Waals surface area contributed by atoms with Gasteiger partial charge in [-0.25, -0.2) is 4.98 Å². The molecule has 2 aromatic carbocycles. The summed E-state index contributed by atoms with van der Waals surface area (Å²) < 4.78 is 4.96. The number of carbonyl (C=O) groups is 3. The smallest absolute Gasteiger partial charge is 0.311 e. The molecule has 0 aliphatic rings. The van der Waals surface area contributed by atoms with Gasteiger partial charge in [-0.2, -0.15) is 0 Å². The number of aromatic nitrogens is 1. The molecule has 0 spiro atoms. The Kier molecular flexibility index (Phi) is 9.66. The van der Waals surface area contributed by atoms with Crippen LogP contribution in [0.25, 0.3) is 0 Å². The van der Waals surface area contributed by atoms with E-state index in [0.29, 0.717) is 29.5 Å². The third-order valence-corrected chi connectivity index (χ3v) is 6.91. The Morgan fingerprint density at radius 2 is 1.72 bits per heavy atom. The number of thiazole rings is 1. The number of esters is 1. The molecule has 2 amide bonds. The highest BCUT2D eigenvalue weighted by Crippen LogP contribution is 2.37. The van der Waals surface area contributed by atoms with Gasteiger partial charge in [-0.15, -0.1) is 23.1 Å². The maximum Gasteiger partial charge on any atom is 0.311 e. The van der Waals surface area contributed by atoms with Crippen LogP contribution in [0.1, 0.15) is 50.6 Å². The fourth-order valence-electron chi connectivity index (χ4n) is 3.32. The average Bonchev–Trinajstić information content (AvgIpc) is 3.24. The number of rotatable bonds is 10. The molecule has 1 atom stereocenters. The van der Waals surface area contributed by atoms with E-state index in [2.05, 4.69) is 15.6 Å². The molecule has 0 saturated heterocycles. The number of benzene rings is 2. The van der Waals surface area contributed by atoms with Crippen molar-refractivity contribution in [3.05, 3.63) is 71.2 Å². The molecule has 7 nitrogen and oxygen atoms in total. The average molecular weight is 526 g/mol. The first-order chi connectivity index (χ1) is 17.1. The van der Waals surface area contributed by atoms with Crippen LogP contribution in [0.2, 0.25) is 0 Å². The highest BCUT2D eigenvalue weighted by molar-refractivity contribution is 8.00. The normalized spacial score (nSPS) is 12.0. The molecule has 190 valence electrons. The molecule has 0 aliphatic carbocycles. The Labute approximate surface area is 220 Å². The van der Waals surface area contributed by atoms with Gasteiger partial charge in [0.15, 0.2) is 5.13 Å². The third-order valence-electron chi connectivity index (χ3n) is 4.84. The quantitative estimate of drug-likeness (QED) is 0.245. The minimum Gasteiger partial charge on any atom is -0.466 e. The van der Waals surface area contributed by atoms with Crippen molar-refractivity contribution < 1.29 is 19.1 Å². The van der Waals surface area contributed by atoms with Gasteiger partial charge in [-0.3, -0.25) is 14.4 Å². The van der Waals surface area contributed by atoms with Gasteiger partial charge in [-0.1, -0.05) is 51.1 Å². The number of hydrogen-bond donors (Lipinski definition) is 2. The SMILES string of the molecule is CCOC(=O)Cc1csc(NC(=O)C(Sc2ccc(NC(=O)CC(C)(C)C)cc2)c2ccccc2)n1. The molecule has 0 fully saturated rings. The summed E-state index contributed by atoms with van der Waals surface area (Å²) in [5.41, 5.74) is 2.03. The van der Waals surface area contributed by atoms with Gasteiger partial charge < -0.3 is 15.4 Å². The first-order valence-corrected chi connectivity index (χ1v) is 13.4. The zero-order chi connectivity index (χ0) is 26.1. The number of amides is 2.